The Kier molecular flexibility index (Phi) is 1.72. The van der Waals surface area contributed by atoms with E-state index in [1.165, 1.54) is 11.3 Å². The molecule has 0 fully saturated rings. The summed E-state index contributed by atoms with van der Waals surface area (Å²) >= 11 is 0. The number of benzene rings is 1. The van der Waals surface area contributed by atoms with Crippen LogP contribution in [0.15, 0.2) is 18.2 Å². The maximum Gasteiger partial charge on any atom is 0.0397 e. The van der Waals surface area contributed by atoms with Gasteiger partial charge in [-0.15, -0.1) is 0 Å². The molecule has 1 aromatic carbocycles. The van der Waals surface area contributed by atoms with Crippen LogP contribution in [0.5, 0.6) is 0 Å². The van der Waals surface area contributed by atoms with Crippen molar-refractivity contribution in [3.8, 4) is 0 Å². The Morgan fingerprint density at radius 3 is 2.92 bits per heavy atom. The van der Waals surface area contributed by atoms with Gasteiger partial charge in [0.2, 0.25) is 0 Å². The Morgan fingerprint density at radius 1 is 1.38 bits per heavy atom. The standard InChI is InChI=1S/C11H16N2/c1-11(2)7-6-8-9(12)4-3-5-10(8)13-11/h3-5,13H,6-7,12H2,1-2H3. The maximum absolute atomic E-state index is 5.89. The van der Waals surface area contributed by atoms with Gasteiger partial charge in [0.1, 0.15) is 0 Å². The molecule has 0 aromatic heterocycles. The van der Waals surface area contributed by atoms with Crippen LogP contribution in [0.3, 0.4) is 0 Å². The van der Waals surface area contributed by atoms with E-state index in [2.05, 4.69) is 25.2 Å². The Bertz CT molecular complexity index is 329. The molecule has 3 N–H and O–H groups in total. The summed E-state index contributed by atoms with van der Waals surface area (Å²) in [5.41, 5.74) is 9.50. The molecule has 1 aromatic rings. The molecule has 1 heterocycles. The third-order valence-corrected chi connectivity index (χ3v) is 2.69. The molecule has 13 heavy (non-hydrogen) atoms. The van der Waals surface area contributed by atoms with E-state index < -0.39 is 0 Å². The molecule has 0 atom stereocenters. The van der Waals surface area contributed by atoms with Crippen molar-refractivity contribution in [1.29, 1.82) is 0 Å². The minimum Gasteiger partial charge on any atom is -0.398 e. The second kappa shape index (κ2) is 2.66. The summed E-state index contributed by atoms with van der Waals surface area (Å²) in [4.78, 5) is 0. The number of rotatable bonds is 0. The minimum atomic E-state index is 0.209. The normalized spacial score (nSPS) is 18.9. The number of nitrogens with one attached hydrogen (secondary N) is 1. The van der Waals surface area contributed by atoms with Crippen molar-refractivity contribution >= 4 is 11.4 Å². The molecule has 2 heteroatoms. The number of hydrogen-bond donors (Lipinski definition) is 2. The predicted octanol–water partition coefficient (Wildman–Crippen LogP) is 2.41. The minimum absolute atomic E-state index is 0.209. The second-order valence-electron chi connectivity index (χ2n) is 4.38. The number of hydrogen-bond acceptors (Lipinski definition) is 2. The number of anilines is 2. The van der Waals surface area contributed by atoms with Gasteiger partial charge in [0.25, 0.3) is 0 Å². The van der Waals surface area contributed by atoms with Crippen molar-refractivity contribution in [1.82, 2.24) is 0 Å². The van der Waals surface area contributed by atoms with Crippen LogP contribution < -0.4 is 11.1 Å². The van der Waals surface area contributed by atoms with Gasteiger partial charge in [-0.3, -0.25) is 0 Å². The van der Waals surface area contributed by atoms with Gasteiger partial charge in [-0.1, -0.05) is 6.07 Å². The van der Waals surface area contributed by atoms with E-state index in [4.69, 9.17) is 5.73 Å². The monoisotopic (exact) mass is 176 g/mol. The van der Waals surface area contributed by atoms with Gasteiger partial charge in [0.15, 0.2) is 0 Å². The second-order valence-corrected chi connectivity index (χ2v) is 4.38. The maximum atomic E-state index is 5.89. The molecule has 0 amide bonds. The lowest BCUT2D eigenvalue weighted by Gasteiger charge is -2.34. The van der Waals surface area contributed by atoms with Gasteiger partial charge in [0.05, 0.1) is 0 Å². The molecule has 0 aliphatic carbocycles. The summed E-state index contributed by atoms with van der Waals surface area (Å²) < 4.78 is 0. The Labute approximate surface area is 79.1 Å². The molecule has 2 nitrogen and oxygen atoms in total. The average molecular weight is 176 g/mol. The van der Waals surface area contributed by atoms with Crippen LogP contribution in [0.4, 0.5) is 11.4 Å². The molecule has 0 unspecified atom stereocenters. The lowest BCUT2D eigenvalue weighted by molar-refractivity contribution is 0.503. The number of nitrogen functional groups attached to an aromatic ring is 1. The van der Waals surface area contributed by atoms with Crippen LogP contribution in [0, 0.1) is 0 Å². The van der Waals surface area contributed by atoms with E-state index in [0.29, 0.717) is 0 Å². The topological polar surface area (TPSA) is 38.0 Å². The van der Waals surface area contributed by atoms with Crippen molar-refractivity contribution in [3.05, 3.63) is 23.8 Å². The van der Waals surface area contributed by atoms with Crippen molar-refractivity contribution in [2.75, 3.05) is 11.1 Å². The molecule has 2 rings (SSSR count). The van der Waals surface area contributed by atoms with Gasteiger partial charge < -0.3 is 11.1 Å². The zero-order chi connectivity index (χ0) is 9.47. The highest BCUT2D eigenvalue weighted by atomic mass is 15.0. The smallest absolute Gasteiger partial charge is 0.0397 e. The van der Waals surface area contributed by atoms with Crippen molar-refractivity contribution in [2.24, 2.45) is 0 Å². The highest BCUT2D eigenvalue weighted by molar-refractivity contribution is 5.65. The Balaban J connectivity index is 2.42. The van der Waals surface area contributed by atoms with Gasteiger partial charge in [0, 0.05) is 16.9 Å². The average Bonchev–Trinajstić information content (AvgIpc) is 2.02. The van der Waals surface area contributed by atoms with E-state index in [1.54, 1.807) is 0 Å². The Morgan fingerprint density at radius 2 is 2.15 bits per heavy atom. The third-order valence-electron chi connectivity index (χ3n) is 2.69. The van der Waals surface area contributed by atoms with Crippen LogP contribution in [-0.2, 0) is 6.42 Å². The largest absolute Gasteiger partial charge is 0.398 e. The first-order valence-electron chi connectivity index (χ1n) is 4.74. The fraction of sp³-hybridized carbons (Fsp3) is 0.455. The van der Waals surface area contributed by atoms with E-state index in [9.17, 15) is 0 Å². The van der Waals surface area contributed by atoms with E-state index in [-0.39, 0.29) is 5.54 Å². The molecule has 70 valence electrons. The highest BCUT2D eigenvalue weighted by Crippen LogP contribution is 2.33. The molecule has 1 aliphatic heterocycles. The zero-order valence-electron chi connectivity index (χ0n) is 8.22. The van der Waals surface area contributed by atoms with Gasteiger partial charge in [-0.25, -0.2) is 0 Å². The zero-order valence-corrected chi connectivity index (χ0v) is 8.22. The summed E-state index contributed by atoms with van der Waals surface area (Å²) in [6, 6.07) is 6.08. The fourth-order valence-corrected chi connectivity index (χ4v) is 1.87. The fourth-order valence-electron chi connectivity index (χ4n) is 1.87. The van der Waals surface area contributed by atoms with Crippen molar-refractivity contribution in [3.63, 3.8) is 0 Å². The quantitative estimate of drug-likeness (QED) is 0.596. The van der Waals surface area contributed by atoms with Crippen LogP contribution in [0.2, 0.25) is 0 Å². The molecule has 0 saturated heterocycles. The molecule has 0 saturated carbocycles. The van der Waals surface area contributed by atoms with Crippen LogP contribution in [-0.4, -0.2) is 5.54 Å². The summed E-state index contributed by atoms with van der Waals surface area (Å²) in [7, 11) is 0. The number of fused-ring (bicyclic) bond motifs is 1. The Hall–Kier alpha value is -1.18. The van der Waals surface area contributed by atoms with E-state index >= 15 is 0 Å². The lowest BCUT2D eigenvalue weighted by atomic mass is 9.89. The molecular formula is C11H16N2. The summed E-state index contributed by atoms with van der Waals surface area (Å²) in [5, 5.41) is 3.50. The van der Waals surface area contributed by atoms with Gasteiger partial charge >= 0.3 is 0 Å². The molecule has 0 spiro atoms. The van der Waals surface area contributed by atoms with Crippen molar-refractivity contribution < 1.29 is 0 Å². The van der Waals surface area contributed by atoms with Gasteiger partial charge in [-0.05, 0) is 44.4 Å². The van der Waals surface area contributed by atoms with Crippen LogP contribution >= 0.6 is 0 Å². The first-order valence-corrected chi connectivity index (χ1v) is 4.74. The van der Waals surface area contributed by atoms with Crippen LogP contribution in [0.25, 0.3) is 0 Å². The number of nitrogens with two attached hydrogens (primary N) is 1. The van der Waals surface area contributed by atoms with Gasteiger partial charge in [-0.2, -0.15) is 0 Å². The highest BCUT2D eigenvalue weighted by Gasteiger charge is 2.24. The SMILES string of the molecule is CC1(C)CCc2c(N)cccc2N1. The predicted molar refractivity (Wildman–Crippen MR) is 56.9 cm³/mol. The molecule has 0 radical (unpaired) electrons. The van der Waals surface area contributed by atoms with E-state index in [0.717, 1.165) is 18.5 Å². The van der Waals surface area contributed by atoms with E-state index in [1.807, 2.05) is 12.1 Å². The molecular weight excluding hydrogens is 160 g/mol. The first kappa shape index (κ1) is 8.42. The molecule has 0 bridgehead atoms. The third kappa shape index (κ3) is 1.48. The first-order chi connectivity index (χ1) is 6.08. The summed E-state index contributed by atoms with van der Waals surface area (Å²) in [6.45, 7) is 4.44. The summed E-state index contributed by atoms with van der Waals surface area (Å²) in [6.07, 6.45) is 2.23. The van der Waals surface area contributed by atoms with Crippen molar-refractivity contribution in [2.45, 2.75) is 32.2 Å². The molecule has 1 aliphatic rings. The lowest BCUT2D eigenvalue weighted by Crippen LogP contribution is -2.35. The van der Waals surface area contributed by atoms with Crippen LogP contribution in [0.1, 0.15) is 25.8 Å². The summed E-state index contributed by atoms with van der Waals surface area (Å²) in [5.74, 6) is 0.